The van der Waals surface area contributed by atoms with Gasteiger partial charge in [0.15, 0.2) is 0 Å². The molecule has 0 aliphatic heterocycles. The Morgan fingerprint density at radius 2 is 2.05 bits per heavy atom. The smallest absolute Gasteiger partial charge is 0.446 e. The van der Waals surface area contributed by atoms with E-state index in [2.05, 4.69) is 9.53 Å². The zero-order chi connectivity index (χ0) is 14.3. The topological polar surface area (TPSA) is 79.8 Å². The van der Waals surface area contributed by atoms with Crippen molar-refractivity contribution in [1.29, 1.82) is 0 Å². The van der Waals surface area contributed by atoms with Crippen LogP contribution in [0.4, 0.5) is 0 Å². The molecule has 0 aromatic heterocycles. The van der Waals surface area contributed by atoms with Gasteiger partial charge in [0, 0.05) is 5.56 Å². The highest BCUT2D eigenvalue weighted by molar-refractivity contribution is 6.65. The van der Waals surface area contributed by atoms with Crippen LogP contribution in [0, 0.1) is 0 Å². The molecule has 19 heavy (non-hydrogen) atoms. The molecular formula is C14H14N2O3. The third-order valence-electron chi connectivity index (χ3n) is 2.34. The molecule has 0 N–H and O–H groups in total. The molecular weight excluding hydrogens is 244 g/mol. The first kappa shape index (κ1) is 14.5. The third-order valence-corrected chi connectivity index (χ3v) is 2.34. The highest BCUT2D eigenvalue weighted by Crippen LogP contribution is 2.12. The number of carbonyl (C=O) groups is 2. The van der Waals surface area contributed by atoms with Gasteiger partial charge in [0.25, 0.3) is 5.78 Å². The lowest BCUT2D eigenvalue weighted by atomic mass is 10.0. The van der Waals surface area contributed by atoms with Gasteiger partial charge < -0.3 is 10.3 Å². The number of ketones is 1. The summed E-state index contributed by atoms with van der Waals surface area (Å²) in [6, 6.07) is 6.72. The lowest BCUT2D eigenvalue weighted by Gasteiger charge is -2.02. The second-order valence-corrected chi connectivity index (χ2v) is 3.59. The minimum absolute atomic E-state index is 0.0989. The summed E-state index contributed by atoms with van der Waals surface area (Å²) in [5.74, 6) is -1.61. The Bertz CT molecular complexity index is 570. The maximum atomic E-state index is 12.2. The quantitative estimate of drug-likeness (QED) is 0.203. The largest absolute Gasteiger partial charge is 0.457 e. The second kappa shape index (κ2) is 7.03. The minimum atomic E-state index is -0.940. The van der Waals surface area contributed by atoms with Crippen LogP contribution in [0.2, 0.25) is 0 Å². The number of rotatable bonds is 5. The summed E-state index contributed by atoms with van der Waals surface area (Å²) in [7, 11) is 0. The molecule has 0 fully saturated rings. The van der Waals surface area contributed by atoms with Gasteiger partial charge in [0.05, 0.1) is 6.61 Å². The van der Waals surface area contributed by atoms with Crippen LogP contribution in [-0.2, 0) is 9.53 Å². The van der Waals surface area contributed by atoms with E-state index in [-0.39, 0.29) is 12.2 Å². The molecule has 0 saturated carbocycles. The first-order valence-electron chi connectivity index (χ1n) is 5.81. The SMILES string of the molecule is C/C=C/c1ccccc1C(=O)C(=[N+]=[N-])C(=O)OCC. The van der Waals surface area contributed by atoms with E-state index in [1.54, 1.807) is 43.3 Å². The summed E-state index contributed by atoms with van der Waals surface area (Å²) in [5, 5.41) is 0. The molecule has 0 aliphatic rings. The Balaban J connectivity index is 3.19. The summed E-state index contributed by atoms with van der Waals surface area (Å²) in [4.78, 5) is 26.4. The van der Waals surface area contributed by atoms with Crippen molar-refractivity contribution < 1.29 is 19.1 Å². The number of esters is 1. The van der Waals surface area contributed by atoms with Gasteiger partial charge >= 0.3 is 11.7 Å². The molecule has 98 valence electrons. The normalized spacial score (nSPS) is 10.0. The van der Waals surface area contributed by atoms with Gasteiger partial charge in [-0.2, -0.15) is 4.79 Å². The van der Waals surface area contributed by atoms with Crippen LogP contribution in [0.5, 0.6) is 0 Å². The van der Waals surface area contributed by atoms with Crippen molar-refractivity contribution in [3.63, 3.8) is 0 Å². The highest BCUT2D eigenvalue weighted by atomic mass is 16.5. The predicted octanol–water partition coefficient (Wildman–Crippen LogP) is 2.14. The first-order valence-corrected chi connectivity index (χ1v) is 5.81. The number of benzene rings is 1. The van der Waals surface area contributed by atoms with Crippen molar-refractivity contribution >= 4 is 23.5 Å². The standard InChI is InChI=1S/C14H14N2O3/c1-3-7-10-8-5-6-9-11(10)13(17)12(16-15)14(18)19-4-2/h3,5-9H,4H2,1-2H3/b7-3+. The zero-order valence-electron chi connectivity index (χ0n) is 10.8. The van der Waals surface area contributed by atoms with Crippen LogP contribution in [0.15, 0.2) is 30.3 Å². The lowest BCUT2D eigenvalue weighted by molar-refractivity contribution is -0.139. The van der Waals surface area contributed by atoms with Crippen LogP contribution in [0.3, 0.4) is 0 Å². The van der Waals surface area contributed by atoms with Crippen molar-refractivity contribution in [3.8, 4) is 0 Å². The summed E-state index contributed by atoms with van der Waals surface area (Å²) in [6.07, 6.45) is 3.50. The van der Waals surface area contributed by atoms with Gasteiger partial charge in [-0.05, 0) is 19.4 Å². The van der Waals surface area contributed by atoms with Crippen molar-refractivity contribution in [2.75, 3.05) is 6.61 Å². The Kier molecular flexibility index (Phi) is 5.38. The minimum Gasteiger partial charge on any atom is -0.457 e. The molecule has 5 nitrogen and oxygen atoms in total. The molecule has 0 heterocycles. The zero-order valence-corrected chi connectivity index (χ0v) is 10.8. The summed E-state index contributed by atoms with van der Waals surface area (Å²) >= 11 is 0. The lowest BCUT2D eigenvalue weighted by Crippen LogP contribution is -2.28. The number of hydrogen-bond donors (Lipinski definition) is 0. The number of nitrogens with zero attached hydrogens (tertiary/aromatic N) is 2. The van der Waals surface area contributed by atoms with E-state index in [4.69, 9.17) is 5.53 Å². The van der Waals surface area contributed by atoms with E-state index < -0.39 is 17.5 Å². The summed E-state index contributed by atoms with van der Waals surface area (Å²) in [6.45, 7) is 3.51. The van der Waals surface area contributed by atoms with Gasteiger partial charge in [-0.25, -0.2) is 4.79 Å². The van der Waals surface area contributed by atoms with E-state index in [0.29, 0.717) is 5.56 Å². The van der Waals surface area contributed by atoms with Crippen LogP contribution in [0.25, 0.3) is 11.6 Å². The fraction of sp³-hybridized carbons (Fsp3) is 0.214. The maximum Gasteiger partial charge on any atom is 0.446 e. The van der Waals surface area contributed by atoms with E-state index in [9.17, 15) is 9.59 Å². The molecule has 1 aromatic carbocycles. The van der Waals surface area contributed by atoms with E-state index in [1.165, 1.54) is 0 Å². The Hall–Kier alpha value is -2.52. The Morgan fingerprint density at radius 1 is 1.37 bits per heavy atom. The fourth-order valence-electron chi connectivity index (χ4n) is 1.53. The van der Waals surface area contributed by atoms with Gasteiger partial charge in [-0.15, -0.1) is 0 Å². The number of hydrogen-bond acceptors (Lipinski definition) is 3. The van der Waals surface area contributed by atoms with Crippen molar-refractivity contribution in [1.82, 2.24) is 0 Å². The van der Waals surface area contributed by atoms with Crippen LogP contribution in [0.1, 0.15) is 29.8 Å². The molecule has 1 rings (SSSR count). The molecule has 0 unspecified atom stereocenters. The first-order chi connectivity index (χ1) is 9.15. The van der Waals surface area contributed by atoms with Gasteiger partial charge in [0.1, 0.15) is 0 Å². The van der Waals surface area contributed by atoms with E-state index >= 15 is 0 Å². The van der Waals surface area contributed by atoms with Gasteiger partial charge in [-0.3, -0.25) is 4.79 Å². The Labute approximate surface area is 111 Å². The molecule has 0 spiro atoms. The molecule has 0 saturated heterocycles. The average Bonchev–Trinajstić information content (AvgIpc) is 2.40. The maximum absolute atomic E-state index is 12.2. The average molecular weight is 258 g/mol. The number of carbonyl (C=O) groups excluding carboxylic acids is 2. The van der Waals surface area contributed by atoms with Crippen molar-refractivity contribution in [2.24, 2.45) is 0 Å². The van der Waals surface area contributed by atoms with Crippen LogP contribution >= 0.6 is 0 Å². The fourth-order valence-corrected chi connectivity index (χ4v) is 1.53. The number of ether oxygens (including phenoxy) is 1. The molecule has 1 aromatic rings. The molecule has 0 amide bonds. The number of Topliss-reactive ketones (excluding diaryl/α,β-unsaturated/α-hetero) is 1. The van der Waals surface area contributed by atoms with Crippen LogP contribution < -0.4 is 0 Å². The molecule has 0 aliphatic carbocycles. The van der Waals surface area contributed by atoms with Crippen LogP contribution in [-0.4, -0.2) is 28.9 Å². The summed E-state index contributed by atoms with van der Waals surface area (Å²) < 4.78 is 4.67. The van der Waals surface area contributed by atoms with Crippen molar-refractivity contribution in [2.45, 2.75) is 13.8 Å². The van der Waals surface area contributed by atoms with Gasteiger partial charge in [-0.1, -0.05) is 36.4 Å². The van der Waals surface area contributed by atoms with E-state index in [1.807, 2.05) is 6.92 Å². The molecule has 0 atom stereocenters. The monoisotopic (exact) mass is 258 g/mol. The molecule has 0 radical (unpaired) electrons. The third kappa shape index (κ3) is 3.47. The predicted molar refractivity (Wildman–Crippen MR) is 70.7 cm³/mol. The van der Waals surface area contributed by atoms with Crippen molar-refractivity contribution in [3.05, 3.63) is 47.0 Å². The van der Waals surface area contributed by atoms with Gasteiger partial charge in [0.2, 0.25) is 0 Å². The molecule has 0 bridgehead atoms. The molecule has 5 heteroatoms. The highest BCUT2D eigenvalue weighted by Gasteiger charge is 2.32. The summed E-state index contributed by atoms with van der Waals surface area (Å²) in [5.41, 5.74) is 9.12. The Morgan fingerprint density at radius 3 is 2.63 bits per heavy atom. The second-order valence-electron chi connectivity index (χ2n) is 3.59. The van der Waals surface area contributed by atoms with E-state index in [0.717, 1.165) is 0 Å². The number of allylic oxidation sites excluding steroid dienone is 1.